The Kier molecular flexibility index (Phi) is 15.4. The molecule has 0 spiro atoms. The number of alkyl halides is 3. The van der Waals surface area contributed by atoms with Gasteiger partial charge < -0.3 is 34.5 Å². The molecule has 0 aliphatic carbocycles. The molecule has 3 aromatic carbocycles. The summed E-state index contributed by atoms with van der Waals surface area (Å²) in [6.07, 6.45) is -4.53. The Morgan fingerprint density at radius 3 is 2.31 bits per heavy atom. The monoisotopic (exact) mass is 713 g/mol. The molecule has 0 saturated carbocycles. The number of aliphatic hydroxyl groups excluding tert-OH is 2. The number of nitrogens with one attached hydrogen (secondary N) is 2. The molecule has 1 unspecified atom stereocenters. The van der Waals surface area contributed by atoms with Gasteiger partial charge in [0, 0.05) is 37.4 Å². The van der Waals surface area contributed by atoms with Crippen LogP contribution in [0.3, 0.4) is 0 Å². The average molecular weight is 714 g/mol. The number of carbonyl (C=O) groups excluding carboxylic acids is 2. The molecule has 0 fully saturated rings. The third kappa shape index (κ3) is 12.0. The molecular formula is C32H35ClF3N3O8S. The van der Waals surface area contributed by atoms with Crippen LogP contribution in [0, 0.1) is 0 Å². The van der Waals surface area contributed by atoms with Crippen molar-refractivity contribution >= 4 is 47.1 Å². The van der Waals surface area contributed by atoms with Crippen LogP contribution < -0.4 is 20.2 Å². The maximum Gasteiger partial charge on any atom is 0.417 e. The minimum atomic E-state index is -4.69. The van der Waals surface area contributed by atoms with E-state index in [-0.39, 0.29) is 66.9 Å². The van der Waals surface area contributed by atoms with Crippen molar-refractivity contribution in [1.82, 2.24) is 5.43 Å². The summed E-state index contributed by atoms with van der Waals surface area (Å²) in [5.74, 6) is -0.281. The highest BCUT2D eigenvalue weighted by Crippen LogP contribution is 2.36. The lowest BCUT2D eigenvalue weighted by Crippen LogP contribution is -2.22. The largest absolute Gasteiger partial charge is 0.487 e. The first kappa shape index (κ1) is 38.6. The lowest BCUT2D eigenvalue weighted by Gasteiger charge is -2.17. The summed E-state index contributed by atoms with van der Waals surface area (Å²) in [6, 6.07) is 12.6. The standard InChI is InChI=1S/C32H35ClF3N3O8S/c1-44-8-10-46-28-14-24(31(43)39-37-16-20-6-7-26(33)25(13-20)32(34,35)36)27(15-29(28)47-11-9-45-2)38-30(42)22-5-3-4-21(12-22)18-48-19-23(41)17-40/h3-7,12-16,23,40-41H,8-11,17-19H2,1-2H3,(H,38,42)(H,39,43)/b37-16+. The van der Waals surface area contributed by atoms with Crippen molar-refractivity contribution in [1.29, 1.82) is 0 Å². The molecule has 0 radical (unpaired) electrons. The van der Waals surface area contributed by atoms with E-state index in [1.807, 2.05) is 0 Å². The number of hydrazone groups is 1. The van der Waals surface area contributed by atoms with E-state index in [4.69, 9.17) is 35.7 Å². The number of ether oxygens (including phenoxy) is 4. The first-order valence-electron chi connectivity index (χ1n) is 14.4. The van der Waals surface area contributed by atoms with Crippen LogP contribution >= 0.6 is 23.4 Å². The van der Waals surface area contributed by atoms with E-state index >= 15 is 0 Å². The predicted octanol–water partition coefficient (Wildman–Crippen LogP) is 5.01. The molecule has 1 atom stereocenters. The number of rotatable bonds is 18. The van der Waals surface area contributed by atoms with Gasteiger partial charge >= 0.3 is 6.18 Å². The zero-order chi connectivity index (χ0) is 35.1. The topological polar surface area (TPSA) is 148 Å². The van der Waals surface area contributed by atoms with Crippen LogP contribution in [-0.4, -0.2) is 87.4 Å². The summed E-state index contributed by atoms with van der Waals surface area (Å²) in [4.78, 5) is 26.8. The summed E-state index contributed by atoms with van der Waals surface area (Å²) in [5, 5.41) is 24.7. The number of aliphatic hydroxyl groups is 2. The van der Waals surface area contributed by atoms with E-state index in [0.29, 0.717) is 11.5 Å². The number of amides is 2. The number of thioether (sulfide) groups is 1. The second kappa shape index (κ2) is 19.2. The third-order valence-electron chi connectivity index (χ3n) is 6.32. The van der Waals surface area contributed by atoms with Crippen molar-refractivity contribution < 1.29 is 51.9 Å². The predicted molar refractivity (Wildman–Crippen MR) is 176 cm³/mol. The van der Waals surface area contributed by atoms with Crippen LogP contribution in [0.15, 0.2) is 59.7 Å². The molecule has 4 N–H and O–H groups in total. The molecule has 11 nitrogen and oxygen atoms in total. The smallest absolute Gasteiger partial charge is 0.417 e. The Hall–Kier alpha value is -3.86. The van der Waals surface area contributed by atoms with Gasteiger partial charge in [0.25, 0.3) is 11.8 Å². The molecule has 0 aliphatic heterocycles. The van der Waals surface area contributed by atoms with Gasteiger partial charge in [-0.2, -0.15) is 30.0 Å². The van der Waals surface area contributed by atoms with Crippen molar-refractivity contribution in [3.63, 3.8) is 0 Å². The van der Waals surface area contributed by atoms with Crippen molar-refractivity contribution in [3.05, 3.63) is 87.4 Å². The van der Waals surface area contributed by atoms with Crippen molar-refractivity contribution in [2.75, 3.05) is 58.3 Å². The summed E-state index contributed by atoms with van der Waals surface area (Å²) in [6.45, 7) is 0.310. The Morgan fingerprint density at radius 2 is 1.67 bits per heavy atom. The minimum Gasteiger partial charge on any atom is -0.487 e. The number of anilines is 1. The van der Waals surface area contributed by atoms with E-state index in [9.17, 15) is 27.9 Å². The van der Waals surface area contributed by atoms with Crippen LogP contribution in [-0.2, 0) is 21.4 Å². The summed E-state index contributed by atoms with van der Waals surface area (Å²) < 4.78 is 61.5. The van der Waals surface area contributed by atoms with E-state index in [1.54, 1.807) is 24.3 Å². The summed E-state index contributed by atoms with van der Waals surface area (Å²) in [7, 11) is 2.98. The van der Waals surface area contributed by atoms with E-state index in [0.717, 1.165) is 23.9 Å². The van der Waals surface area contributed by atoms with Crippen LogP contribution in [0.25, 0.3) is 0 Å². The number of nitrogens with zero attached hydrogens (tertiary/aromatic N) is 1. The molecule has 0 heterocycles. The Balaban J connectivity index is 1.92. The fourth-order valence-electron chi connectivity index (χ4n) is 3.98. The zero-order valence-electron chi connectivity index (χ0n) is 26.0. The van der Waals surface area contributed by atoms with Crippen molar-refractivity contribution in [2.24, 2.45) is 5.10 Å². The van der Waals surface area contributed by atoms with Gasteiger partial charge in [0.1, 0.15) is 13.2 Å². The number of halogens is 4. The highest BCUT2D eigenvalue weighted by atomic mass is 35.5. The first-order chi connectivity index (χ1) is 23.0. The molecule has 0 aliphatic rings. The molecular weight excluding hydrogens is 679 g/mol. The average Bonchev–Trinajstić information content (AvgIpc) is 3.05. The van der Waals surface area contributed by atoms with E-state index in [2.05, 4.69) is 15.8 Å². The lowest BCUT2D eigenvalue weighted by molar-refractivity contribution is -0.137. The molecule has 260 valence electrons. The third-order valence-corrected chi connectivity index (χ3v) is 7.81. The van der Waals surface area contributed by atoms with Gasteiger partial charge in [0.05, 0.1) is 54.0 Å². The molecule has 0 aromatic heterocycles. The van der Waals surface area contributed by atoms with Crippen LogP contribution in [0.2, 0.25) is 5.02 Å². The van der Waals surface area contributed by atoms with Gasteiger partial charge in [-0.25, -0.2) is 5.43 Å². The Labute approximate surface area is 284 Å². The van der Waals surface area contributed by atoms with Gasteiger partial charge in [-0.3, -0.25) is 9.59 Å². The molecule has 48 heavy (non-hydrogen) atoms. The number of hydrogen-bond donors (Lipinski definition) is 4. The molecule has 3 aromatic rings. The molecule has 2 amide bonds. The van der Waals surface area contributed by atoms with Gasteiger partial charge in [-0.1, -0.05) is 29.8 Å². The van der Waals surface area contributed by atoms with Crippen LogP contribution in [0.1, 0.15) is 37.4 Å². The van der Waals surface area contributed by atoms with Gasteiger partial charge in [-0.15, -0.1) is 0 Å². The second-order valence-electron chi connectivity index (χ2n) is 9.97. The van der Waals surface area contributed by atoms with Crippen LogP contribution in [0.4, 0.5) is 18.9 Å². The van der Waals surface area contributed by atoms with Crippen LogP contribution in [0.5, 0.6) is 11.5 Å². The Morgan fingerprint density at radius 1 is 0.979 bits per heavy atom. The Bertz CT molecular complexity index is 1560. The maximum atomic E-state index is 13.4. The zero-order valence-corrected chi connectivity index (χ0v) is 27.6. The molecule has 0 saturated heterocycles. The first-order valence-corrected chi connectivity index (χ1v) is 15.9. The summed E-state index contributed by atoms with van der Waals surface area (Å²) >= 11 is 7.06. The maximum absolute atomic E-state index is 13.4. The highest BCUT2D eigenvalue weighted by molar-refractivity contribution is 7.98. The fraction of sp³-hybridized carbons (Fsp3) is 0.344. The van der Waals surface area contributed by atoms with Crippen molar-refractivity contribution in [2.45, 2.75) is 18.0 Å². The molecule has 16 heteroatoms. The molecule has 3 rings (SSSR count). The summed E-state index contributed by atoms with van der Waals surface area (Å²) in [5.41, 5.74) is 2.22. The van der Waals surface area contributed by atoms with Gasteiger partial charge in [0.15, 0.2) is 11.5 Å². The fourth-order valence-corrected chi connectivity index (χ4v) is 5.11. The highest BCUT2D eigenvalue weighted by Gasteiger charge is 2.33. The van der Waals surface area contributed by atoms with E-state index in [1.165, 1.54) is 44.2 Å². The minimum absolute atomic E-state index is 0.0231. The second-order valence-corrected chi connectivity index (χ2v) is 11.4. The van der Waals surface area contributed by atoms with Crippen molar-refractivity contribution in [3.8, 4) is 11.5 Å². The SMILES string of the molecule is COCCOc1cc(NC(=O)c2cccc(CSCC(O)CO)c2)c(C(=O)N/N=C/c2ccc(Cl)c(C(F)(F)F)c2)cc1OCCOC. The molecule has 0 bridgehead atoms. The normalized spacial score (nSPS) is 12.2. The number of carbonyl (C=O) groups is 2. The van der Waals surface area contributed by atoms with Gasteiger partial charge in [0.2, 0.25) is 0 Å². The number of benzene rings is 3. The lowest BCUT2D eigenvalue weighted by atomic mass is 10.1. The van der Waals surface area contributed by atoms with Gasteiger partial charge in [-0.05, 0) is 41.5 Å². The number of methoxy groups -OCH3 is 2. The number of hydrogen-bond acceptors (Lipinski definition) is 10. The van der Waals surface area contributed by atoms with E-state index < -0.39 is 34.7 Å². The quantitative estimate of drug-likeness (QED) is 0.0811.